The zero-order chi connectivity index (χ0) is 23.8. The average molecular weight is 473 g/mol. The molecule has 1 heterocycles. The van der Waals surface area contributed by atoms with Crippen LogP contribution < -0.4 is 15.4 Å². The van der Waals surface area contributed by atoms with Gasteiger partial charge in [0.1, 0.15) is 17.4 Å². The first-order chi connectivity index (χ1) is 16.6. The summed E-state index contributed by atoms with van der Waals surface area (Å²) in [7, 11) is 0. The molecule has 0 aliphatic rings. The third kappa shape index (κ3) is 6.56. The van der Waals surface area contributed by atoms with Crippen LogP contribution in [0.3, 0.4) is 0 Å². The van der Waals surface area contributed by atoms with Crippen LogP contribution in [0, 0.1) is 6.92 Å². The molecule has 3 aromatic carbocycles. The van der Waals surface area contributed by atoms with Crippen molar-refractivity contribution in [1.82, 2.24) is 9.97 Å². The van der Waals surface area contributed by atoms with Crippen molar-refractivity contribution in [1.29, 1.82) is 0 Å². The molecule has 0 atom stereocenters. The lowest BCUT2D eigenvalue weighted by atomic mass is 10.1. The van der Waals surface area contributed by atoms with E-state index < -0.39 is 0 Å². The van der Waals surface area contributed by atoms with E-state index in [1.165, 1.54) is 0 Å². The summed E-state index contributed by atoms with van der Waals surface area (Å²) < 4.78 is 5.64. The number of para-hydroxylation sites is 1. The third-order valence-electron chi connectivity index (χ3n) is 4.97. The summed E-state index contributed by atoms with van der Waals surface area (Å²) in [6.07, 6.45) is 0.922. The molecule has 0 spiro atoms. The number of carbonyl (C=O) groups excluding carboxylic acids is 1. The van der Waals surface area contributed by atoms with Crippen LogP contribution in [-0.2, 0) is 4.79 Å². The van der Waals surface area contributed by atoms with Crippen LogP contribution in [0.4, 0.5) is 17.2 Å². The highest BCUT2D eigenvalue weighted by Gasteiger charge is 2.07. The molecule has 172 valence electrons. The number of carbonyl (C=O) groups is 1. The van der Waals surface area contributed by atoms with E-state index in [1.54, 1.807) is 6.07 Å². The Morgan fingerprint density at radius 1 is 0.912 bits per heavy atom. The van der Waals surface area contributed by atoms with E-state index in [1.807, 2.05) is 85.8 Å². The first-order valence-corrected chi connectivity index (χ1v) is 11.4. The van der Waals surface area contributed by atoms with E-state index in [-0.39, 0.29) is 5.91 Å². The molecule has 0 bridgehead atoms. The maximum Gasteiger partial charge on any atom is 0.224 e. The zero-order valence-electron chi connectivity index (χ0n) is 18.8. The second-order valence-electron chi connectivity index (χ2n) is 7.69. The van der Waals surface area contributed by atoms with Crippen LogP contribution in [0.1, 0.15) is 18.7 Å². The van der Waals surface area contributed by atoms with Crippen molar-refractivity contribution >= 4 is 34.7 Å². The molecule has 1 amide bonds. The number of nitrogens with zero attached hydrogens (tertiary/aromatic N) is 2. The number of hydrogen-bond acceptors (Lipinski definition) is 5. The minimum atomic E-state index is -0.0795. The second-order valence-corrected chi connectivity index (χ2v) is 8.10. The summed E-state index contributed by atoms with van der Waals surface area (Å²) in [5.74, 6) is 1.90. The summed E-state index contributed by atoms with van der Waals surface area (Å²) in [6.45, 7) is 2.28. The first-order valence-electron chi connectivity index (χ1n) is 11.0. The van der Waals surface area contributed by atoms with Crippen molar-refractivity contribution in [2.45, 2.75) is 19.8 Å². The van der Waals surface area contributed by atoms with Gasteiger partial charge < -0.3 is 15.4 Å². The largest absolute Gasteiger partial charge is 0.492 e. The van der Waals surface area contributed by atoms with E-state index in [9.17, 15) is 4.79 Å². The summed E-state index contributed by atoms with van der Waals surface area (Å²) in [5.41, 5.74) is 3.39. The Morgan fingerprint density at radius 2 is 1.68 bits per heavy atom. The standard InChI is InChI=1S/C27H25ClN4O2/c1-19-29-24(20-9-3-2-4-10-20)18-26(30-19)31-21-11-7-12-22(17-21)32-27(33)15-8-16-34-25-14-6-5-13-23(25)28/h2-7,9-14,17-18H,8,15-16H2,1H3,(H,32,33)(H,29,30,31). The molecule has 0 saturated heterocycles. The van der Waals surface area contributed by atoms with Gasteiger partial charge in [0, 0.05) is 29.4 Å². The van der Waals surface area contributed by atoms with Gasteiger partial charge in [0.05, 0.1) is 17.3 Å². The minimum absolute atomic E-state index is 0.0795. The van der Waals surface area contributed by atoms with Gasteiger partial charge >= 0.3 is 0 Å². The number of aromatic nitrogens is 2. The highest BCUT2D eigenvalue weighted by molar-refractivity contribution is 6.32. The van der Waals surface area contributed by atoms with E-state index in [0.717, 1.165) is 16.9 Å². The topological polar surface area (TPSA) is 76.1 Å². The molecular formula is C27H25ClN4O2. The fourth-order valence-electron chi connectivity index (χ4n) is 3.41. The lowest BCUT2D eigenvalue weighted by Crippen LogP contribution is -2.13. The van der Waals surface area contributed by atoms with Crippen molar-refractivity contribution in [3.8, 4) is 17.0 Å². The van der Waals surface area contributed by atoms with Crippen molar-refractivity contribution in [2.24, 2.45) is 0 Å². The number of anilines is 3. The number of ether oxygens (including phenoxy) is 1. The lowest BCUT2D eigenvalue weighted by molar-refractivity contribution is -0.116. The number of benzene rings is 3. The maximum absolute atomic E-state index is 12.4. The van der Waals surface area contributed by atoms with Gasteiger partial charge in [-0.1, -0.05) is 60.1 Å². The fourth-order valence-corrected chi connectivity index (χ4v) is 3.60. The molecule has 1 aromatic heterocycles. The number of rotatable bonds is 9. The van der Waals surface area contributed by atoms with Crippen molar-refractivity contribution in [2.75, 3.05) is 17.2 Å². The van der Waals surface area contributed by atoms with Gasteiger partial charge in [0.2, 0.25) is 5.91 Å². The summed E-state index contributed by atoms with van der Waals surface area (Å²) in [4.78, 5) is 21.4. The molecule has 0 aliphatic carbocycles. The number of nitrogens with one attached hydrogen (secondary N) is 2. The van der Waals surface area contributed by atoms with Gasteiger partial charge in [0.25, 0.3) is 0 Å². The third-order valence-corrected chi connectivity index (χ3v) is 5.28. The Bertz CT molecular complexity index is 1260. The van der Waals surface area contributed by atoms with E-state index in [4.69, 9.17) is 16.3 Å². The highest BCUT2D eigenvalue weighted by Crippen LogP contribution is 2.24. The van der Waals surface area contributed by atoms with Gasteiger partial charge in [0.15, 0.2) is 0 Å². The van der Waals surface area contributed by atoms with Crippen LogP contribution in [0.2, 0.25) is 5.02 Å². The molecule has 4 aromatic rings. The summed E-state index contributed by atoms with van der Waals surface area (Å²) in [6, 6.07) is 26.7. The predicted molar refractivity (Wildman–Crippen MR) is 137 cm³/mol. The predicted octanol–water partition coefficient (Wildman–Crippen LogP) is 6.65. The van der Waals surface area contributed by atoms with Crippen molar-refractivity contribution < 1.29 is 9.53 Å². The van der Waals surface area contributed by atoms with E-state index >= 15 is 0 Å². The van der Waals surface area contributed by atoms with E-state index in [2.05, 4.69) is 20.6 Å². The zero-order valence-corrected chi connectivity index (χ0v) is 19.5. The van der Waals surface area contributed by atoms with E-state index in [0.29, 0.717) is 47.6 Å². The molecule has 0 radical (unpaired) electrons. The first kappa shape index (κ1) is 23.3. The summed E-state index contributed by atoms with van der Waals surface area (Å²) in [5, 5.41) is 6.80. The highest BCUT2D eigenvalue weighted by atomic mass is 35.5. The average Bonchev–Trinajstić information content (AvgIpc) is 2.83. The lowest BCUT2D eigenvalue weighted by Gasteiger charge is -2.11. The second kappa shape index (κ2) is 11.3. The Labute approximate surface area is 204 Å². The molecule has 7 heteroatoms. The van der Waals surface area contributed by atoms with Crippen LogP contribution in [0.15, 0.2) is 84.9 Å². The number of halogens is 1. The van der Waals surface area contributed by atoms with Crippen LogP contribution in [0.25, 0.3) is 11.3 Å². The Balaban J connectivity index is 1.33. The minimum Gasteiger partial charge on any atom is -0.492 e. The molecule has 0 saturated carbocycles. The van der Waals surface area contributed by atoms with Crippen LogP contribution in [0.5, 0.6) is 5.75 Å². The molecule has 4 rings (SSSR count). The molecular weight excluding hydrogens is 448 g/mol. The Kier molecular flexibility index (Phi) is 7.73. The quantitative estimate of drug-likeness (QED) is 0.267. The monoisotopic (exact) mass is 472 g/mol. The van der Waals surface area contributed by atoms with Crippen molar-refractivity contribution in [3.05, 3.63) is 95.8 Å². The molecule has 2 N–H and O–H groups in total. The Morgan fingerprint density at radius 3 is 2.50 bits per heavy atom. The maximum atomic E-state index is 12.4. The van der Waals surface area contributed by atoms with Crippen LogP contribution in [-0.4, -0.2) is 22.5 Å². The van der Waals surface area contributed by atoms with Crippen molar-refractivity contribution in [3.63, 3.8) is 0 Å². The SMILES string of the molecule is Cc1nc(Nc2cccc(NC(=O)CCCOc3ccccc3Cl)c2)cc(-c2ccccc2)n1. The number of amides is 1. The number of aryl methyl sites for hydroxylation is 1. The van der Waals surface area contributed by atoms with Gasteiger partial charge in [-0.15, -0.1) is 0 Å². The Hall–Kier alpha value is -3.90. The van der Waals surface area contributed by atoms with Gasteiger partial charge in [-0.25, -0.2) is 9.97 Å². The molecule has 0 unspecified atom stereocenters. The molecule has 0 fully saturated rings. The van der Waals surface area contributed by atoms with Gasteiger partial charge in [-0.05, 0) is 43.7 Å². The van der Waals surface area contributed by atoms with Crippen LogP contribution >= 0.6 is 11.6 Å². The normalized spacial score (nSPS) is 10.5. The van der Waals surface area contributed by atoms with Gasteiger partial charge in [-0.3, -0.25) is 4.79 Å². The molecule has 34 heavy (non-hydrogen) atoms. The molecule has 0 aliphatic heterocycles. The fraction of sp³-hybridized carbons (Fsp3) is 0.148. The summed E-state index contributed by atoms with van der Waals surface area (Å²) >= 11 is 6.08. The smallest absolute Gasteiger partial charge is 0.224 e. The molecule has 6 nitrogen and oxygen atoms in total. The number of hydrogen-bond donors (Lipinski definition) is 2. The van der Waals surface area contributed by atoms with Gasteiger partial charge in [-0.2, -0.15) is 0 Å².